The lowest BCUT2D eigenvalue weighted by Crippen LogP contribution is -2.47. The minimum atomic E-state index is -0.472. The monoisotopic (exact) mass is 240 g/mol. The van der Waals surface area contributed by atoms with E-state index in [1.165, 1.54) is 18.2 Å². The van der Waals surface area contributed by atoms with E-state index in [1.807, 2.05) is 11.9 Å². The molecule has 0 amide bonds. The molecule has 2 rings (SSSR count). The predicted molar refractivity (Wildman–Crippen MR) is 65.2 cm³/mol. The highest BCUT2D eigenvalue weighted by Crippen LogP contribution is 2.28. The number of benzene rings is 1. The fourth-order valence-corrected chi connectivity index (χ4v) is 2.57. The van der Waals surface area contributed by atoms with Crippen molar-refractivity contribution in [3.05, 3.63) is 29.8 Å². The molecule has 1 aliphatic heterocycles. The minimum Gasteiger partial charge on any atom is -0.366 e. The molecule has 94 valence electrons. The molecule has 2 nitrogen and oxygen atoms in total. The average Bonchev–Trinajstić information content (AvgIpc) is 2.29. The molecule has 2 unspecified atom stereocenters. The van der Waals surface area contributed by atoms with Crippen LogP contribution in [0.3, 0.4) is 0 Å². The van der Waals surface area contributed by atoms with Gasteiger partial charge in [-0.3, -0.25) is 0 Å². The van der Waals surface area contributed by atoms with Crippen LogP contribution in [0.1, 0.15) is 13.3 Å². The van der Waals surface area contributed by atoms with Crippen LogP contribution in [0, 0.1) is 17.6 Å². The zero-order chi connectivity index (χ0) is 12.4. The van der Waals surface area contributed by atoms with Crippen LogP contribution < -0.4 is 10.2 Å². The number of nitrogens with one attached hydrogen (secondary N) is 1. The lowest BCUT2D eigenvalue weighted by atomic mass is 9.93. The van der Waals surface area contributed by atoms with E-state index >= 15 is 0 Å². The molecule has 0 radical (unpaired) electrons. The highest BCUT2D eigenvalue weighted by molar-refractivity contribution is 5.49. The number of para-hydroxylation sites is 1. The Morgan fingerprint density at radius 2 is 1.94 bits per heavy atom. The second-order valence-electron chi connectivity index (χ2n) is 4.68. The molecule has 1 fully saturated rings. The van der Waals surface area contributed by atoms with Gasteiger partial charge in [0.25, 0.3) is 0 Å². The van der Waals surface area contributed by atoms with Crippen molar-refractivity contribution in [2.75, 3.05) is 25.0 Å². The van der Waals surface area contributed by atoms with Crippen LogP contribution in [0.4, 0.5) is 14.5 Å². The Labute approximate surface area is 101 Å². The van der Waals surface area contributed by atoms with Crippen molar-refractivity contribution in [1.82, 2.24) is 5.32 Å². The van der Waals surface area contributed by atoms with Gasteiger partial charge in [0.1, 0.15) is 17.3 Å². The van der Waals surface area contributed by atoms with Gasteiger partial charge in [0.05, 0.1) is 0 Å². The van der Waals surface area contributed by atoms with E-state index in [0.29, 0.717) is 25.0 Å². The first kappa shape index (κ1) is 12.3. The van der Waals surface area contributed by atoms with Gasteiger partial charge in [-0.25, -0.2) is 8.78 Å². The number of rotatable bonds is 2. The van der Waals surface area contributed by atoms with E-state index in [9.17, 15) is 8.78 Å². The van der Waals surface area contributed by atoms with Crippen LogP contribution in [0.15, 0.2) is 18.2 Å². The molecule has 0 saturated carbocycles. The van der Waals surface area contributed by atoms with Gasteiger partial charge in [0.2, 0.25) is 0 Å². The van der Waals surface area contributed by atoms with Crippen molar-refractivity contribution < 1.29 is 8.78 Å². The molecular formula is C13H18F2N2. The van der Waals surface area contributed by atoms with Crippen LogP contribution in [0.2, 0.25) is 0 Å². The minimum absolute atomic E-state index is 0.119. The number of halogens is 2. The highest BCUT2D eigenvalue weighted by atomic mass is 19.1. The number of anilines is 1. The van der Waals surface area contributed by atoms with Gasteiger partial charge in [-0.05, 0) is 31.5 Å². The zero-order valence-electron chi connectivity index (χ0n) is 10.2. The first-order valence-electron chi connectivity index (χ1n) is 5.99. The molecule has 0 spiro atoms. The molecule has 1 aromatic rings. The number of hydrogen-bond donors (Lipinski definition) is 1. The van der Waals surface area contributed by atoms with Gasteiger partial charge in [-0.2, -0.15) is 0 Å². The maximum Gasteiger partial charge on any atom is 0.149 e. The Morgan fingerprint density at radius 1 is 1.29 bits per heavy atom. The Morgan fingerprint density at radius 3 is 2.47 bits per heavy atom. The summed E-state index contributed by atoms with van der Waals surface area (Å²) in [5.74, 6) is -0.562. The highest BCUT2D eigenvalue weighted by Gasteiger charge is 2.27. The largest absolute Gasteiger partial charge is 0.366 e. The first-order chi connectivity index (χ1) is 8.13. The van der Waals surface area contributed by atoms with Gasteiger partial charge in [0, 0.05) is 19.1 Å². The van der Waals surface area contributed by atoms with Crippen molar-refractivity contribution in [1.29, 1.82) is 0 Å². The fraction of sp³-hybridized carbons (Fsp3) is 0.538. The summed E-state index contributed by atoms with van der Waals surface area (Å²) < 4.78 is 27.3. The summed E-state index contributed by atoms with van der Waals surface area (Å²) in [6.07, 6.45) is 0.908. The summed E-state index contributed by atoms with van der Waals surface area (Å²) in [5, 5.41) is 3.24. The number of piperidine rings is 1. The Kier molecular flexibility index (Phi) is 3.62. The maximum absolute atomic E-state index is 13.6. The number of nitrogens with zero attached hydrogens (tertiary/aromatic N) is 1. The molecular weight excluding hydrogens is 222 g/mol. The van der Waals surface area contributed by atoms with E-state index in [0.717, 1.165) is 6.42 Å². The second kappa shape index (κ2) is 5.00. The number of hydrogen-bond acceptors (Lipinski definition) is 2. The van der Waals surface area contributed by atoms with Crippen molar-refractivity contribution in [3.8, 4) is 0 Å². The summed E-state index contributed by atoms with van der Waals surface area (Å²) >= 11 is 0. The Balaban J connectivity index is 2.19. The SMILES string of the molecule is CNC1CCN(c2c(F)cccc2F)CC1C. The van der Waals surface area contributed by atoms with E-state index in [-0.39, 0.29) is 5.69 Å². The summed E-state index contributed by atoms with van der Waals surface area (Å²) in [4.78, 5) is 1.81. The fourth-order valence-electron chi connectivity index (χ4n) is 2.57. The van der Waals surface area contributed by atoms with E-state index in [4.69, 9.17) is 0 Å². The normalized spacial score (nSPS) is 25.1. The van der Waals surface area contributed by atoms with Crippen molar-refractivity contribution in [2.24, 2.45) is 5.92 Å². The summed E-state index contributed by atoms with van der Waals surface area (Å²) in [5.41, 5.74) is 0.119. The van der Waals surface area contributed by atoms with Gasteiger partial charge in [-0.1, -0.05) is 13.0 Å². The molecule has 1 saturated heterocycles. The molecule has 17 heavy (non-hydrogen) atoms. The lowest BCUT2D eigenvalue weighted by molar-refractivity contribution is 0.335. The third-order valence-electron chi connectivity index (χ3n) is 3.53. The van der Waals surface area contributed by atoms with Gasteiger partial charge < -0.3 is 10.2 Å². The van der Waals surface area contributed by atoms with Gasteiger partial charge in [-0.15, -0.1) is 0 Å². The molecule has 4 heteroatoms. The van der Waals surface area contributed by atoms with Crippen molar-refractivity contribution in [3.63, 3.8) is 0 Å². The smallest absolute Gasteiger partial charge is 0.149 e. The van der Waals surface area contributed by atoms with Crippen molar-refractivity contribution in [2.45, 2.75) is 19.4 Å². The van der Waals surface area contributed by atoms with Crippen molar-refractivity contribution >= 4 is 5.69 Å². The van der Waals surface area contributed by atoms with E-state index in [1.54, 1.807) is 0 Å². The summed E-state index contributed by atoms with van der Waals surface area (Å²) in [7, 11) is 1.93. The van der Waals surface area contributed by atoms with Crippen LogP contribution in [-0.2, 0) is 0 Å². The zero-order valence-corrected chi connectivity index (χ0v) is 10.2. The third-order valence-corrected chi connectivity index (χ3v) is 3.53. The lowest BCUT2D eigenvalue weighted by Gasteiger charge is -2.38. The van der Waals surface area contributed by atoms with Gasteiger partial charge in [0.15, 0.2) is 0 Å². The Hall–Kier alpha value is -1.16. The van der Waals surface area contributed by atoms with Crippen LogP contribution in [-0.4, -0.2) is 26.2 Å². The maximum atomic E-state index is 13.6. The average molecular weight is 240 g/mol. The molecule has 1 heterocycles. The molecule has 0 aromatic heterocycles. The van der Waals surface area contributed by atoms with E-state index in [2.05, 4.69) is 12.2 Å². The quantitative estimate of drug-likeness (QED) is 0.854. The molecule has 1 aliphatic rings. The Bertz CT molecular complexity index is 375. The van der Waals surface area contributed by atoms with Crippen LogP contribution in [0.25, 0.3) is 0 Å². The standard InChI is InChI=1S/C13H18F2N2/c1-9-8-17(7-6-12(9)16-2)13-10(14)4-3-5-11(13)15/h3-5,9,12,16H,6-8H2,1-2H3. The molecule has 2 atom stereocenters. The molecule has 1 aromatic carbocycles. The summed E-state index contributed by atoms with van der Waals surface area (Å²) in [6.45, 7) is 3.48. The third kappa shape index (κ3) is 2.41. The van der Waals surface area contributed by atoms with Crippen LogP contribution in [0.5, 0.6) is 0 Å². The predicted octanol–water partition coefficient (Wildman–Crippen LogP) is 2.40. The second-order valence-corrected chi connectivity index (χ2v) is 4.68. The topological polar surface area (TPSA) is 15.3 Å². The molecule has 0 bridgehead atoms. The molecule has 0 aliphatic carbocycles. The first-order valence-corrected chi connectivity index (χ1v) is 5.99. The molecule has 1 N–H and O–H groups in total. The van der Waals surface area contributed by atoms with E-state index < -0.39 is 11.6 Å². The van der Waals surface area contributed by atoms with Crippen LogP contribution >= 0.6 is 0 Å². The summed E-state index contributed by atoms with van der Waals surface area (Å²) in [6, 6.07) is 4.46. The van der Waals surface area contributed by atoms with Gasteiger partial charge >= 0.3 is 0 Å².